The highest BCUT2D eigenvalue weighted by Gasteiger charge is 2.03. The first-order chi connectivity index (χ1) is 4.83. The zero-order valence-electron chi connectivity index (χ0n) is 5.23. The minimum atomic E-state index is -0.897. The summed E-state index contributed by atoms with van der Waals surface area (Å²) in [5.74, 6) is 0. The van der Waals surface area contributed by atoms with E-state index in [4.69, 9.17) is 5.11 Å². The van der Waals surface area contributed by atoms with Crippen molar-refractivity contribution in [1.82, 2.24) is 4.98 Å². The van der Waals surface area contributed by atoms with Crippen molar-refractivity contribution < 1.29 is 9.90 Å². The van der Waals surface area contributed by atoms with Crippen molar-refractivity contribution in [3.8, 4) is 0 Å². The zero-order valence-corrected chi connectivity index (χ0v) is 6.04. The lowest BCUT2D eigenvalue weighted by Crippen LogP contribution is -2.10. The van der Waals surface area contributed by atoms with Crippen LogP contribution in [0, 0.1) is 0 Å². The van der Waals surface area contributed by atoms with Crippen molar-refractivity contribution in [1.29, 1.82) is 0 Å². The number of aromatic nitrogens is 1. The molecule has 0 fully saturated rings. The number of rotatable bonds is 3. The predicted octanol–water partition coefficient (Wildman–Crippen LogP) is 0.245. The Morgan fingerprint density at radius 3 is 3.20 bits per heavy atom. The SMILES string of the molecule is O=CC(O)Cc1nccs1. The van der Waals surface area contributed by atoms with Crippen LogP contribution in [0.4, 0.5) is 0 Å². The summed E-state index contributed by atoms with van der Waals surface area (Å²) in [4.78, 5) is 13.9. The molecule has 1 N–H and O–H groups in total. The number of aliphatic hydroxyl groups is 1. The molecule has 0 radical (unpaired) electrons. The van der Waals surface area contributed by atoms with Gasteiger partial charge in [0.2, 0.25) is 0 Å². The second-order valence-corrected chi connectivity index (χ2v) is 2.81. The molecule has 0 aliphatic heterocycles. The van der Waals surface area contributed by atoms with Crippen LogP contribution in [-0.4, -0.2) is 22.5 Å². The molecule has 1 rings (SSSR count). The summed E-state index contributed by atoms with van der Waals surface area (Å²) in [6, 6.07) is 0. The van der Waals surface area contributed by atoms with E-state index in [1.165, 1.54) is 11.3 Å². The van der Waals surface area contributed by atoms with E-state index in [1.807, 2.05) is 5.38 Å². The van der Waals surface area contributed by atoms with Crippen molar-refractivity contribution >= 4 is 17.6 Å². The van der Waals surface area contributed by atoms with E-state index in [0.717, 1.165) is 5.01 Å². The summed E-state index contributed by atoms with van der Waals surface area (Å²) >= 11 is 1.44. The molecule has 0 aliphatic rings. The quantitative estimate of drug-likeness (QED) is 0.640. The molecule has 1 unspecified atom stereocenters. The summed E-state index contributed by atoms with van der Waals surface area (Å²) in [5.41, 5.74) is 0. The van der Waals surface area contributed by atoms with E-state index >= 15 is 0 Å². The first kappa shape index (κ1) is 7.37. The Morgan fingerprint density at radius 1 is 1.90 bits per heavy atom. The molecular weight excluding hydrogens is 150 g/mol. The largest absolute Gasteiger partial charge is 0.385 e. The minimum absolute atomic E-state index is 0.334. The number of carbonyl (C=O) groups excluding carboxylic acids is 1. The van der Waals surface area contributed by atoms with E-state index in [2.05, 4.69) is 4.98 Å². The monoisotopic (exact) mass is 157 g/mol. The fraction of sp³-hybridized carbons (Fsp3) is 0.333. The van der Waals surface area contributed by atoms with Gasteiger partial charge in [-0.2, -0.15) is 0 Å². The van der Waals surface area contributed by atoms with Crippen LogP contribution in [0.1, 0.15) is 5.01 Å². The van der Waals surface area contributed by atoms with Crippen LogP contribution in [0.25, 0.3) is 0 Å². The fourth-order valence-corrected chi connectivity index (χ4v) is 1.25. The van der Waals surface area contributed by atoms with Crippen LogP contribution in [-0.2, 0) is 11.2 Å². The summed E-state index contributed by atoms with van der Waals surface area (Å²) in [7, 11) is 0. The number of aldehydes is 1. The molecule has 0 bridgehead atoms. The van der Waals surface area contributed by atoms with E-state index in [-0.39, 0.29) is 0 Å². The van der Waals surface area contributed by atoms with Crippen LogP contribution in [0.15, 0.2) is 11.6 Å². The molecule has 3 nitrogen and oxygen atoms in total. The van der Waals surface area contributed by atoms with Crippen LogP contribution in [0.2, 0.25) is 0 Å². The van der Waals surface area contributed by atoms with Crippen molar-refractivity contribution in [2.45, 2.75) is 12.5 Å². The van der Waals surface area contributed by atoms with Crippen molar-refractivity contribution in [3.05, 3.63) is 16.6 Å². The van der Waals surface area contributed by atoms with Gasteiger partial charge in [0.25, 0.3) is 0 Å². The first-order valence-corrected chi connectivity index (χ1v) is 3.72. The summed E-state index contributed by atoms with van der Waals surface area (Å²) < 4.78 is 0. The van der Waals surface area contributed by atoms with Gasteiger partial charge in [-0.05, 0) is 0 Å². The average Bonchev–Trinajstić information content (AvgIpc) is 2.40. The number of nitrogens with zero attached hydrogens (tertiary/aromatic N) is 1. The molecule has 0 amide bonds. The van der Waals surface area contributed by atoms with Crippen LogP contribution in [0.3, 0.4) is 0 Å². The Balaban J connectivity index is 2.47. The smallest absolute Gasteiger partial charge is 0.148 e. The minimum Gasteiger partial charge on any atom is -0.385 e. The Hall–Kier alpha value is -0.740. The second kappa shape index (κ2) is 3.43. The van der Waals surface area contributed by atoms with Gasteiger partial charge in [0.1, 0.15) is 12.4 Å². The third kappa shape index (κ3) is 1.89. The molecule has 0 spiro atoms. The molecule has 4 heteroatoms. The van der Waals surface area contributed by atoms with Crippen LogP contribution < -0.4 is 0 Å². The van der Waals surface area contributed by atoms with Gasteiger partial charge >= 0.3 is 0 Å². The van der Waals surface area contributed by atoms with Gasteiger partial charge in [-0.3, -0.25) is 0 Å². The molecule has 54 valence electrons. The maximum Gasteiger partial charge on any atom is 0.148 e. The maximum absolute atomic E-state index is 9.96. The van der Waals surface area contributed by atoms with Crippen molar-refractivity contribution in [2.24, 2.45) is 0 Å². The Labute approximate surface area is 62.3 Å². The van der Waals surface area contributed by atoms with E-state index in [1.54, 1.807) is 6.20 Å². The van der Waals surface area contributed by atoms with Gasteiger partial charge in [-0.25, -0.2) is 4.98 Å². The highest BCUT2D eigenvalue weighted by atomic mass is 32.1. The molecule has 10 heavy (non-hydrogen) atoms. The molecule has 1 atom stereocenters. The van der Waals surface area contributed by atoms with Gasteiger partial charge in [-0.1, -0.05) is 0 Å². The topological polar surface area (TPSA) is 50.2 Å². The molecule has 0 aromatic carbocycles. The lowest BCUT2D eigenvalue weighted by molar-refractivity contribution is -0.114. The van der Waals surface area contributed by atoms with E-state index in [9.17, 15) is 4.79 Å². The van der Waals surface area contributed by atoms with Gasteiger partial charge < -0.3 is 9.90 Å². The fourth-order valence-electron chi connectivity index (χ4n) is 0.581. The molecule has 1 heterocycles. The molecule has 1 aromatic heterocycles. The number of aliphatic hydroxyl groups excluding tert-OH is 1. The Kier molecular flexibility index (Phi) is 2.53. The summed E-state index contributed by atoms with van der Waals surface area (Å²) in [5, 5.41) is 11.4. The van der Waals surface area contributed by atoms with E-state index < -0.39 is 6.10 Å². The lowest BCUT2D eigenvalue weighted by atomic mass is 10.3. The van der Waals surface area contributed by atoms with Crippen molar-refractivity contribution in [2.75, 3.05) is 0 Å². The van der Waals surface area contributed by atoms with Gasteiger partial charge in [0.05, 0.1) is 5.01 Å². The molecule has 0 saturated carbocycles. The third-order valence-electron chi connectivity index (χ3n) is 1.02. The number of hydrogen-bond acceptors (Lipinski definition) is 4. The Bertz CT molecular complexity index is 198. The molecule has 0 aliphatic carbocycles. The van der Waals surface area contributed by atoms with Gasteiger partial charge in [0.15, 0.2) is 0 Å². The van der Waals surface area contributed by atoms with Gasteiger partial charge in [-0.15, -0.1) is 11.3 Å². The zero-order chi connectivity index (χ0) is 7.40. The van der Waals surface area contributed by atoms with Crippen LogP contribution >= 0.6 is 11.3 Å². The number of carbonyl (C=O) groups is 1. The standard InChI is InChI=1S/C6H7NO2S/c8-4-5(9)3-6-7-1-2-10-6/h1-2,4-5,9H,3H2. The molecule has 1 aromatic rings. The number of hydrogen-bond donors (Lipinski definition) is 1. The summed E-state index contributed by atoms with van der Waals surface area (Å²) in [6.07, 6.45) is 1.60. The average molecular weight is 157 g/mol. The highest BCUT2D eigenvalue weighted by molar-refractivity contribution is 7.09. The van der Waals surface area contributed by atoms with E-state index in [0.29, 0.717) is 12.7 Å². The normalized spacial score (nSPS) is 12.9. The Morgan fingerprint density at radius 2 is 2.70 bits per heavy atom. The van der Waals surface area contributed by atoms with Gasteiger partial charge in [0, 0.05) is 18.0 Å². The number of thiazole rings is 1. The molecular formula is C6H7NO2S. The van der Waals surface area contributed by atoms with Crippen LogP contribution in [0.5, 0.6) is 0 Å². The third-order valence-corrected chi connectivity index (χ3v) is 1.83. The van der Waals surface area contributed by atoms with Crippen molar-refractivity contribution in [3.63, 3.8) is 0 Å². The molecule has 0 saturated heterocycles. The second-order valence-electron chi connectivity index (χ2n) is 1.83. The summed E-state index contributed by atoms with van der Waals surface area (Å²) in [6.45, 7) is 0. The predicted molar refractivity (Wildman–Crippen MR) is 37.9 cm³/mol. The first-order valence-electron chi connectivity index (χ1n) is 2.84. The maximum atomic E-state index is 9.96. The lowest BCUT2D eigenvalue weighted by Gasteiger charge is -1.95. The highest BCUT2D eigenvalue weighted by Crippen LogP contribution is 2.05.